The molecule has 176 valence electrons. The molecule has 0 unspecified atom stereocenters. The average molecular weight is 475 g/mol. The number of carbonyl (C=O) groups excluding carboxylic acids is 1. The van der Waals surface area contributed by atoms with Crippen LogP contribution in [-0.4, -0.2) is 49.1 Å². The van der Waals surface area contributed by atoms with E-state index in [1.54, 1.807) is 19.2 Å². The summed E-state index contributed by atoms with van der Waals surface area (Å²) >= 11 is 1.22. The van der Waals surface area contributed by atoms with Crippen molar-refractivity contribution >= 4 is 40.2 Å². The Labute approximate surface area is 193 Å². The topological polar surface area (TPSA) is 165 Å². The molecule has 3 aromatic heterocycles. The number of hydrogen-bond acceptors (Lipinski definition) is 6. The van der Waals surface area contributed by atoms with E-state index >= 15 is 0 Å². The van der Waals surface area contributed by atoms with Crippen molar-refractivity contribution < 1.29 is 24.6 Å². The number of rotatable bonds is 10. The quantitative estimate of drug-likeness (QED) is 0.301. The zero-order valence-electron chi connectivity index (χ0n) is 18.5. The van der Waals surface area contributed by atoms with Gasteiger partial charge in [-0.3, -0.25) is 14.4 Å². The number of nitrogens with one attached hydrogen (secondary N) is 3. The van der Waals surface area contributed by atoms with Crippen LogP contribution in [0.5, 0.6) is 0 Å². The van der Waals surface area contributed by atoms with E-state index in [2.05, 4.69) is 20.3 Å². The van der Waals surface area contributed by atoms with E-state index in [1.807, 2.05) is 19.9 Å². The lowest BCUT2D eigenvalue weighted by molar-refractivity contribution is -0.140. The number of fused-ring (bicyclic) bond motifs is 1. The zero-order chi connectivity index (χ0) is 24.3. The molecule has 3 aromatic rings. The Morgan fingerprint density at radius 1 is 1.21 bits per heavy atom. The first-order valence-corrected chi connectivity index (χ1v) is 11.4. The highest BCUT2D eigenvalue weighted by atomic mass is 32.1. The van der Waals surface area contributed by atoms with E-state index in [-0.39, 0.29) is 18.4 Å². The average Bonchev–Trinajstić information content (AvgIpc) is 3.41. The highest BCUT2D eigenvalue weighted by Gasteiger charge is 2.36. The van der Waals surface area contributed by atoms with Gasteiger partial charge in [-0.25, -0.2) is 9.78 Å². The Bertz CT molecular complexity index is 1250. The van der Waals surface area contributed by atoms with Crippen molar-refractivity contribution in [2.75, 3.05) is 0 Å². The molecule has 0 radical (unpaired) electrons. The van der Waals surface area contributed by atoms with E-state index in [4.69, 9.17) is 5.11 Å². The molecule has 0 spiro atoms. The highest BCUT2D eigenvalue weighted by molar-refractivity contribution is 7.14. The summed E-state index contributed by atoms with van der Waals surface area (Å²) in [7, 11) is 0. The summed E-state index contributed by atoms with van der Waals surface area (Å²) in [6.07, 6.45) is 2.51. The van der Waals surface area contributed by atoms with Gasteiger partial charge in [0, 0.05) is 22.9 Å². The largest absolute Gasteiger partial charge is 0.481 e. The summed E-state index contributed by atoms with van der Waals surface area (Å²) in [5.74, 6) is -2.51. The van der Waals surface area contributed by atoms with Gasteiger partial charge in [-0.2, -0.15) is 0 Å². The molecular weight excluding hydrogens is 448 g/mol. The lowest BCUT2D eigenvalue weighted by Gasteiger charge is -2.30. The van der Waals surface area contributed by atoms with E-state index in [0.717, 1.165) is 10.4 Å². The second-order valence-electron chi connectivity index (χ2n) is 7.83. The number of amides is 1. The molecule has 11 heteroatoms. The number of aromatic amines is 2. The maximum Gasteiger partial charge on any atom is 0.326 e. The fourth-order valence-electron chi connectivity index (χ4n) is 4.11. The summed E-state index contributed by atoms with van der Waals surface area (Å²) < 4.78 is 0. The standard InChI is InChI=1S/C22H26N4O6S/c1-4-22(5-2,12-10-23-18-17(12)20(30)25-11(3)24-18)15-8-7-14(33-15)19(29)26-13(21(31)32)6-9-16(27)28/h7-8,10,13H,4-6,9H2,1-3H3,(H,26,29)(H,27,28)(H,31,32)(H2,23,24,25,30)/t13-/m0/s1. The SMILES string of the molecule is CCC(CC)(c1ccc(C(=O)N[C@@H](CCC(=O)O)C(=O)O)s1)c1c[nH]c2nc(C)[nH]c(=O)c12. The Hall–Kier alpha value is -3.47. The fraction of sp³-hybridized carbons (Fsp3) is 0.409. The number of carbonyl (C=O) groups is 3. The molecule has 0 aliphatic rings. The van der Waals surface area contributed by atoms with Crippen LogP contribution in [-0.2, 0) is 15.0 Å². The number of H-pyrrole nitrogens is 2. The van der Waals surface area contributed by atoms with Gasteiger partial charge in [0.1, 0.15) is 17.5 Å². The number of thiophene rings is 1. The maximum atomic E-state index is 12.7. The van der Waals surface area contributed by atoms with E-state index in [0.29, 0.717) is 34.6 Å². The van der Waals surface area contributed by atoms with Gasteiger partial charge in [0.25, 0.3) is 11.5 Å². The fourth-order valence-corrected chi connectivity index (χ4v) is 5.37. The first-order valence-electron chi connectivity index (χ1n) is 10.6. The van der Waals surface area contributed by atoms with E-state index < -0.39 is 29.3 Å². The molecule has 0 saturated carbocycles. The van der Waals surface area contributed by atoms with Crippen molar-refractivity contribution in [3.05, 3.63) is 49.8 Å². The van der Waals surface area contributed by atoms with Crippen LogP contribution in [0.3, 0.4) is 0 Å². The van der Waals surface area contributed by atoms with Gasteiger partial charge < -0.3 is 25.5 Å². The molecule has 10 nitrogen and oxygen atoms in total. The van der Waals surface area contributed by atoms with Crippen molar-refractivity contribution in [2.24, 2.45) is 0 Å². The van der Waals surface area contributed by atoms with Gasteiger partial charge >= 0.3 is 11.9 Å². The van der Waals surface area contributed by atoms with Crippen LogP contribution in [0.4, 0.5) is 0 Å². The third-order valence-corrected chi connectivity index (χ3v) is 7.22. The van der Waals surface area contributed by atoms with Crippen molar-refractivity contribution in [1.29, 1.82) is 0 Å². The van der Waals surface area contributed by atoms with Crippen LogP contribution >= 0.6 is 11.3 Å². The molecule has 33 heavy (non-hydrogen) atoms. The molecular formula is C22H26N4O6S. The van der Waals surface area contributed by atoms with Gasteiger partial charge in [0.05, 0.1) is 10.3 Å². The van der Waals surface area contributed by atoms with Crippen LogP contribution < -0.4 is 10.9 Å². The normalized spacial score (nSPS) is 12.6. The third-order valence-electron chi connectivity index (χ3n) is 5.93. The van der Waals surface area contributed by atoms with Crippen LogP contribution in [0.2, 0.25) is 0 Å². The first kappa shape index (κ1) is 24.2. The number of hydrogen-bond donors (Lipinski definition) is 5. The maximum absolute atomic E-state index is 12.7. The molecule has 1 amide bonds. The second-order valence-corrected chi connectivity index (χ2v) is 8.91. The molecule has 0 saturated heterocycles. The predicted molar refractivity (Wildman–Crippen MR) is 123 cm³/mol. The van der Waals surface area contributed by atoms with Crippen LogP contribution in [0.15, 0.2) is 23.1 Å². The van der Waals surface area contributed by atoms with Crippen LogP contribution in [0.25, 0.3) is 11.0 Å². The van der Waals surface area contributed by atoms with Gasteiger partial charge in [0.2, 0.25) is 0 Å². The summed E-state index contributed by atoms with van der Waals surface area (Å²) in [6.45, 7) is 5.72. The van der Waals surface area contributed by atoms with Gasteiger partial charge in [0.15, 0.2) is 0 Å². The molecule has 0 fully saturated rings. The minimum Gasteiger partial charge on any atom is -0.481 e. The lowest BCUT2D eigenvalue weighted by Crippen LogP contribution is -2.40. The molecule has 3 heterocycles. The van der Waals surface area contributed by atoms with E-state index in [1.165, 1.54) is 11.3 Å². The predicted octanol–water partition coefficient (Wildman–Crippen LogP) is 2.78. The molecule has 0 aliphatic carbocycles. The summed E-state index contributed by atoms with van der Waals surface area (Å²) in [5, 5.41) is 21.0. The summed E-state index contributed by atoms with van der Waals surface area (Å²) in [5.41, 5.74) is 0.489. The van der Waals surface area contributed by atoms with Gasteiger partial charge in [-0.1, -0.05) is 13.8 Å². The number of aryl methyl sites for hydroxylation is 1. The molecule has 1 atom stereocenters. The zero-order valence-corrected chi connectivity index (χ0v) is 19.3. The minimum absolute atomic E-state index is 0.215. The number of nitrogens with zero attached hydrogens (tertiary/aromatic N) is 1. The Morgan fingerprint density at radius 2 is 1.91 bits per heavy atom. The van der Waals surface area contributed by atoms with Crippen molar-refractivity contribution in [3.8, 4) is 0 Å². The van der Waals surface area contributed by atoms with Crippen molar-refractivity contribution in [2.45, 2.75) is 57.9 Å². The van der Waals surface area contributed by atoms with Gasteiger partial charge in [-0.05, 0) is 43.9 Å². The smallest absolute Gasteiger partial charge is 0.326 e. The Morgan fingerprint density at radius 3 is 2.52 bits per heavy atom. The van der Waals surface area contributed by atoms with Crippen LogP contribution in [0.1, 0.15) is 65.5 Å². The molecule has 0 bridgehead atoms. The molecule has 5 N–H and O–H groups in total. The van der Waals surface area contributed by atoms with Crippen LogP contribution in [0, 0.1) is 6.92 Å². The number of carboxylic acids is 2. The Balaban J connectivity index is 1.97. The minimum atomic E-state index is -1.30. The summed E-state index contributed by atoms with van der Waals surface area (Å²) in [6, 6.07) is 2.13. The highest BCUT2D eigenvalue weighted by Crippen LogP contribution is 2.44. The molecule has 0 aliphatic heterocycles. The van der Waals surface area contributed by atoms with Crippen molar-refractivity contribution in [3.63, 3.8) is 0 Å². The second kappa shape index (κ2) is 9.57. The monoisotopic (exact) mass is 474 g/mol. The third kappa shape index (κ3) is 4.68. The van der Waals surface area contributed by atoms with Crippen molar-refractivity contribution in [1.82, 2.24) is 20.3 Å². The van der Waals surface area contributed by atoms with Gasteiger partial charge in [-0.15, -0.1) is 11.3 Å². The molecule has 0 aromatic carbocycles. The number of aliphatic carboxylic acids is 2. The number of carboxylic acid groups (broad SMARTS) is 2. The first-order chi connectivity index (χ1) is 15.6. The number of aromatic nitrogens is 3. The Kier molecular flexibility index (Phi) is 7.01. The lowest BCUT2D eigenvalue weighted by atomic mass is 9.75. The molecule has 3 rings (SSSR count). The summed E-state index contributed by atoms with van der Waals surface area (Å²) in [4.78, 5) is 59.0. The van der Waals surface area contributed by atoms with E-state index in [9.17, 15) is 24.3 Å².